The van der Waals surface area contributed by atoms with Gasteiger partial charge in [-0.15, -0.1) is 0 Å². The highest BCUT2D eigenvalue weighted by Gasteiger charge is 2.05. The second-order valence-electron chi connectivity index (χ2n) is 3.73. The fraction of sp³-hybridized carbons (Fsp3) is 0.417. The SMILES string of the molecule is COc1cc(C)c(C)cc1CCNC(=O)S. The lowest BCUT2D eigenvalue weighted by molar-refractivity contribution is 0.261. The zero-order chi connectivity index (χ0) is 12.1. The Labute approximate surface area is 102 Å². The Balaban J connectivity index is 2.77. The predicted octanol–water partition coefficient (Wildman–Crippen LogP) is 2.49. The van der Waals surface area contributed by atoms with Gasteiger partial charge in [-0.25, -0.2) is 0 Å². The van der Waals surface area contributed by atoms with Gasteiger partial charge in [0.05, 0.1) is 7.11 Å². The zero-order valence-electron chi connectivity index (χ0n) is 9.83. The Bertz CT molecular complexity index is 391. The molecule has 0 aromatic heterocycles. The van der Waals surface area contributed by atoms with E-state index in [4.69, 9.17) is 4.74 Å². The average molecular weight is 239 g/mol. The Morgan fingerprint density at radius 2 is 2.00 bits per heavy atom. The van der Waals surface area contributed by atoms with Gasteiger partial charge in [0.25, 0.3) is 5.24 Å². The van der Waals surface area contributed by atoms with Crippen LogP contribution in [0.15, 0.2) is 12.1 Å². The molecule has 16 heavy (non-hydrogen) atoms. The first-order valence-corrected chi connectivity index (χ1v) is 5.60. The molecule has 0 saturated carbocycles. The number of thiol groups is 1. The minimum atomic E-state index is -0.303. The number of carbonyl (C=O) groups is 1. The maximum absolute atomic E-state index is 10.6. The first-order valence-electron chi connectivity index (χ1n) is 5.15. The molecule has 1 aromatic rings. The van der Waals surface area contributed by atoms with Gasteiger partial charge < -0.3 is 10.1 Å². The predicted molar refractivity (Wildman–Crippen MR) is 68.6 cm³/mol. The summed E-state index contributed by atoms with van der Waals surface area (Å²) < 4.78 is 5.31. The van der Waals surface area contributed by atoms with Crippen LogP contribution < -0.4 is 10.1 Å². The number of amides is 1. The standard InChI is InChI=1S/C12H17NO2S/c1-8-6-10(4-5-13-12(14)16)11(15-3)7-9(8)2/h6-7H,4-5H2,1-3H3,(H2,13,14,16). The van der Waals surface area contributed by atoms with Gasteiger partial charge in [-0.2, -0.15) is 0 Å². The highest BCUT2D eigenvalue weighted by molar-refractivity contribution is 7.96. The Kier molecular flexibility index (Phi) is 4.68. The minimum Gasteiger partial charge on any atom is -0.496 e. The van der Waals surface area contributed by atoms with Gasteiger partial charge in [-0.05, 0) is 43.0 Å². The molecule has 0 fully saturated rings. The minimum absolute atomic E-state index is 0.303. The van der Waals surface area contributed by atoms with Gasteiger partial charge >= 0.3 is 0 Å². The second-order valence-corrected chi connectivity index (χ2v) is 4.14. The summed E-state index contributed by atoms with van der Waals surface area (Å²) in [5.41, 5.74) is 3.54. The molecule has 0 heterocycles. The van der Waals surface area contributed by atoms with E-state index in [1.807, 2.05) is 6.07 Å². The lowest BCUT2D eigenvalue weighted by atomic mass is 10.0. The normalized spacial score (nSPS) is 10.0. The first-order chi connectivity index (χ1) is 7.54. The number of aryl methyl sites for hydroxylation is 2. The van der Waals surface area contributed by atoms with Crippen molar-refractivity contribution in [3.05, 3.63) is 28.8 Å². The molecule has 1 rings (SSSR count). The number of nitrogens with one attached hydrogen (secondary N) is 1. The molecule has 1 N–H and O–H groups in total. The number of ether oxygens (including phenoxy) is 1. The quantitative estimate of drug-likeness (QED) is 0.792. The van der Waals surface area contributed by atoms with E-state index in [0.29, 0.717) is 6.54 Å². The van der Waals surface area contributed by atoms with Crippen molar-refractivity contribution >= 4 is 17.9 Å². The van der Waals surface area contributed by atoms with Crippen LogP contribution >= 0.6 is 12.6 Å². The molecular formula is C12H17NO2S. The molecule has 0 saturated heterocycles. The van der Waals surface area contributed by atoms with E-state index in [-0.39, 0.29) is 5.24 Å². The van der Waals surface area contributed by atoms with Crippen molar-refractivity contribution in [3.63, 3.8) is 0 Å². The molecule has 0 radical (unpaired) electrons. The molecule has 0 atom stereocenters. The molecule has 88 valence electrons. The van der Waals surface area contributed by atoms with E-state index in [0.717, 1.165) is 17.7 Å². The van der Waals surface area contributed by atoms with Crippen LogP contribution in [0.2, 0.25) is 0 Å². The Morgan fingerprint density at radius 1 is 1.38 bits per heavy atom. The van der Waals surface area contributed by atoms with E-state index < -0.39 is 0 Å². The van der Waals surface area contributed by atoms with Crippen LogP contribution in [0.25, 0.3) is 0 Å². The highest BCUT2D eigenvalue weighted by atomic mass is 32.1. The van der Waals surface area contributed by atoms with Crippen molar-refractivity contribution in [2.75, 3.05) is 13.7 Å². The molecular weight excluding hydrogens is 222 g/mol. The third kappa shape index (κ3) is 3.45. The molecule has 0 unspecified atom stereocenters. The number of hydrogen-bond acceptors (Lipinski definition) is 2. The fourth-order valence-corrected chi connectivity index (χ4v) is 1.65. The molecule has 0 aliphatic carbocycles. The molecule has 1 amide bonds. The van der Waals surface area contributed by atoms with Crippen molar-refractivity contribution < 1.29 is 9.53 Å². The molecule has 0 aliphatic heterocycles. The van der Waals surface area contributed by atoms with E-state index in [9.17, 15) is 4.79 Å². The van der Waals surface area contributed by atoms with Gasteiger partial charge in [0, 0.05) is 6.54 Å². The number of carbonyl (C=O) groups excluding carboxylic acids is 1. The molecule has 0 aliphatic rings. The van der Waals surface area contributed by atoms with Gasteiger partial charge in [-0.1, -0.05) is 18.7 Å². The third-order valence-corrected chi connectivity index (χ3v) is 2.73. The maximum Gasteiger partial charge on any atom is 0.275 e. The lowest BCUT2D eigenvalue weighted by Crippen LogP contribution is -2.19. The van der Waals surface area contributed by atoms with Gasteiger partial charge in [0.15, 0.2) is 0 Å². The van der Waals surface area contributed by atoms with Crippen molar-refractivity contribution in [1.82, 2.24) is 5.32 Å². The zero-order valence-corrected chi connectivity index (χ0v) is 10.7. The first kappa shape index (κ1) is 12.9. The van der Waals surface area contributed by atoms with Crippen molar-refractivity contribution in [2.45, 2.75) is 20.3 Å². The van der Waals surface area contributed by atoms with Crippen molar-refractivity contribution in [2.24, 2.45) is 0 Å². The monoisotopic (exact) mass is 239 g/mol. The third-order valence-electron chi connectivity index (χ3n) is 2.57. The molecule has 0 bridgehead atoms. The fourth-order valence-electron chi connectivity index (χ4n) is 1.54. The molecule has 4 heteroatoms. The second kappa shape index (κ2) is 5.80. The number of rotatable bonds is 4. The number of methoxy groups -OCH3 is 1. The average Bonchev–Trinajstić information content (AvgIpc) is 2.22. The summed E-state index contributed by atoms with van der Waals surface area (Å²) in [5, 5.41) is 2.35. The molecule has 0 spiro atoms. The topological polar surface area (TPSA) is 38.3 Å². The number of hydrogen-bond donors (Lipinski definition) is 2. The van der Waals surface area contributed by atoms with Crippen molar-refractivity contribution in [3.8, 4) is 5.75 Å². The smallest absolute Gasteiger partial charge is 0.275 e. The van der Waals surface area contributed by atoms with E-state index in [1.54, 1.807) is 7.11 Å². The van der Waals surface area contributed by atoms with Crippen LogP contribution in [0.3, 0.4) is 0 Å². The van der Waals surface area contributed by atoms with Crippen LogP contribution in [0.5, 0.6) is 5.75 Å². The summed E-state index contributed by atoms with van der Waals surface area (Å²) in [6, 6.07) is 4.12. The van der Waals surface area contributed by atoms with E-state index in [2.05, 4.69) is 37.9 Å². The number of benzene rings is 1. The summed E-state index contributed by atoms with van der Waals surface area (Å²) in [4.78, 5) is 10.6. The largest absolute Gasteiger partial charge is 0.496 e. The van der Waals surface area contributed by atoms with Gasteiger partial charge in [-0.3, -0.25) is 4.79 Å². The van der Waals surface area contributed by atoms with E-state index >= 15 is 0 Å². The Hall–Kier alpha value is -1.16. The van der Waals surface area contributed by atoms with E-state index in [1.165, 1.54) is 11.1 Å². The summed E-state index contributed by atoms with van der Waals surface area (Å²) in [6.45, 7) is 4.69. The van der Waals surface area contributed by atoms with Crippen LogP contribution in [0.4, 0.5) is 4.79 Å². The highest BCUT2D eigenvalue weighted by Crippen LogP contribution is 2.23. The summed E-state index contributed by atoms with van der Waals surface area (Å²) in [6.07, 6.45) is 0.747. The summed E-state index contributed by atoms with van der Waals surface area (Å²) >= 11 is 3.65. The van der Waals surface area contributed by atoms with Crippen molar-refractivity contribution in [1.29, 1.82) is 0 Å². The molecule has 3 nitrogen and oxygen atoms in total. The van der Waals surface area contributed by atoms with Gasteiger partial charge in [0.2, 0.25) is 0 Å². The van der Waals surface area contributed by atoms with Crippen LogP contribution in [0.1, 0.15) is 16.7 Å². The maximum atomic E-state index is 10.6. The molecule has 1 aromatic carbocycles. The van der Waals surface area contributed by atoms with Crippen LogP contribution in [-0.4, -0.2) is 18.9 Å². The van der Waals surface area contributed by atoms with Crippen LogP contribution in [0, 0.1) is 13.8 Å². The van der Waals surface area contributed by atoms with Gasteiger partial charge in [0.1, 0.15) is 5.75 Å². The summed E-state index contributed by atoms with van der Waals surface area (Å²) in [7, 11) is 1.66. The summed E-state index contributed by atoms with van der Waals surface area (Å²) in [5.74, 6) is 0.872. The van der Waals surface area contributed by atoms with Crippen LogP contribution in [-0.2, 0) is 6.42 Å². The lowest BCUT2D eigenvalue weighted by Gasteiger charge is -2.11. The Morgan fingerprint density at radius 3 is 2.56 bits per heavy atom.